The maximum Gasteiger partial charge on any atom is 0.266 e. The van der Waals surface area contributed by atoms with Gasteiger partial charge in [0.15, 0.2) is 11.5 Å². The summed E-state index contributed by atoms with van der Waals surface area (Å²) in [5.41, 5.74) is 1.98. The number of amides is 1. The minimum absolute atomic E-state index is 0.118. The summed E-state index contributed by atoms with van der Waals surface area (Å²) in [6.07, 6.45) is 3.45. The zero-order valence-electron chi connectivity index (χ0n) is 18.7. The molecule has 2 aromatic rings. The van der Waals surface area contributed by atoms with E-state index in [1.54, 1.807) is 19.3 Å². The molecule has 174 valence electrons. The second-order valence-electron chi connectivity index (χ2n) is 7.12. The lowest BCUT2D eigenvalue weighted by Gasteiger charge is -2.12. The van der Waals surface area contributed by atoms with Crippen LogP contribution in [0, 0.1) is 6.92 Å². The van der Waals surface area contributed by atoms with Crippen molar-refractivity contribution in [3.63, 3.8) is 0 Å². The first-order valence-corrected chi connectivity index (χ1v) is 11.7. The van der Waals surface area contributed by atoms with Gasteiger partial charge in [0.05, 0.1) is 25.2 Å². The van der Waals surface area contributed by atoms with Gasteiger partial charge in [-0.3, -0.25) is 9.69 Å². The fourth-order valence-electron chi connectivity index (χ4n) is 3.07. The summed E-state index contributed by atoms with van der Waals surface area (Å²) < 4.78 is 23.0. The topological polar surface area (TPSA) is 57.2 Å². The summed E-state index contributed by atoms with van der Waals surface area (Å²) in [6, 6.07) is 13.4. The monoisotopic (exact) mass is 485 g/mol. The third-order valence-electron chi connectivity index (χ3n) is 4.64. The van der Waals surface area contributed by atoms with Gasteiger partial charge in [0, 0.05) is 6.54 Å². The number of ether oxygens (including phenoxy) is 4. The number of thiocarbonyl (C=S) groups is 1. The van der Waals surface area contributed by atoms with Crippen LogP contribution in [-0.4, -0.2) is 55.2 Å². The molecule has 2 aromatic carbocycles. The van der Waals surface area contributed by atoms with E-state index in [1.165, 1.54) is 16.7 Å². The molecule has 0 saturated carbocycles. The second kappa shape index (κ2) is 12.4. The number of aryl methyl sites for hydroxylation is 1. The van der Waals surface area contributed by atoms with Gasteiger partial charge in [-0.15, -0.1) is 6.58 Å². The highest BCUT2D eigenvalue weighted by atomic mass is 32.2. The predicted molar refractivity (Wildman–Crippen MR) is 136 cm³/mol. The number of nitrogens with zero attached hydrogens (tertiary/aromatic N) is 1. The fourth-order valence-corrected chi connectivity index (χ4v) is 4.34. The molecule has 33 heavy (non-hydrogen) atoms. The van der Waals surface area contributed by atoms with Crippen molar-refractivity contribution in [1.82, 2.24) is 4.90 Å². The number of hydrogen-bond donors (Lipinski definition) is 0. The van der Waals surface area contributed by atoms with E-state index in [4.69, 9.17) is 31.2 Å². The van der Waals surface area contributed by atoms with Crippen LogP contribution >= 0.6 is 24.0 Å². The van der Waals surface area contributed by atoms with Crippen molar-refractivity contribution in [3.05, 3.63) is 71.2 Å². The first kappa shape index (κ1) is 24.8. The normalized spacial score (nSPS) is 14.6. The third kappa shape index (κ3) is 7.08. The average Bonchev–Trinajstić information content (AvgIpc) is 3.06. The predicted octanol–water partition coefficient (Wildman–Crippen LogP) is 4.87. The van der Waals surface area contributed by atoms with Crippen LogP contribution in [0.5, 0.6) is 17.2 Å². The fraction of sp³-hybridized carbons (Fsp3) is 0.280. The molecule has 0 spiro atoms. The van der Waals surface area contributed by atoms with Gasteiger partial charge in [-0.1, -0.05) is 48.3 Å². The summed E-state index contributed by atoms with van der Waals surface area (Å²) in [5, 5.41) is 0. The van der Waals surface area contributed by atoms with Crippen molar-refractivity contribution in [1.29, 1.82) is 0 Å². The van der Waals surface area contributed by atoms with Gasteiger partial charge >= 0.3 is 0 Å². The molecule has 6 nitrogen and oxygen atoms in total. The Hall–Kier alpha value is -2.81. The maximum atomic E-state index is 12.5. The Morgan fingerprint density at radius 1 is 1.06 bits per heavy atom. The number of hydrogen-bond acceptors (Lipinski definition) is 7. The average molecular weight is 486 g/mol. The van der Waals surface area contributed by atoms with Crippen LogP contribution in [0.3, 0.4) is 0 Å². The van der Waals surface area contributed by atoms with Gasteiger partial charge < -0.3 is 18.9 Å². The lowest BCUT2D eigenvalue weighted by molar-refractivity contribution is -0.121. The molecular weight excluding hydrogens is 458 g/mol. The Kier molecular flexibility index (Phi) is 9.35. The second-order valence-corrected chi connectivity index (χ2v) is 8.79. The van der Waals surface area contributed by atoms with Crippen molar-refractivity contribution in [3.8, 4) is 17.2 Å². The van der Waals surface area contributed by atoms with Gasteiger partial charge in [-0.25, -0.2) is 0 Å². The number of carbonyl (C=O) groups is 1. The minimum Gasteiger partial charge on any atom is -0.493 e. The smallest absolute Gasteiger partial charge is 0.266 e. The highest BCUT2D eigenvalue weighted by Gasteiger charge is 2.31. The van der Waals surface area contributed by atoms with E-state index in [0.717, 1.165) is 16.9 Å². The summed E-state index contributed by atoms with van der Waals surface area (Å²) in [6.45, 7) is 7.84. The van der Waals surface area contributed by atoms with Gasteiger partial charge in [0.1, 0.15) is 23.3 Å². The molecular formula is C25H27NO5S2. The molecule has 0 aliphatic carbocycles. The zero-order valence-corrected chi connectivity index (χ0v) is 20.4. The molecule has 0 N–H and O–H groups in total. The molecule has 1 heterocycles. The molecule has 0 radical (unpaired) electrons. The summed E-state index contributed by atoms with van der Waals surface area (Å²) >= 11 is 6.56. The highest BCUT2D eigenvalue weighted by Crippen LogP contribution is 2.34. The van der Waals surface area contributed by atoms with Crippen molar-refractivity contribution in [2.75, 3.05) is 40.1 Å². The Morgan fingerprint density at radius 3 is 2.58 bits per heavy atom. The number of benzene rings is 2. The zero-order chi connectivity index (χ0) is 23.6. The molecule has 0 bridgehead atoms. The van der Waals surface area contributed by atoms with E-state index < -0.39 is 0 Å². The third-order valence-corrected chi connectivity index (χ3v) is 6.02. The minimum atomic E-state index is -0.118. The van der Waals surface area contributed by atoms with Crippen molar-refractivity contribution < 1.29 is 23.7 Å². The standard InChI is InChI=1S/C25H27NO5S2/c1-4-10-26-24(27)23(33-25(26)32)17-19-8-9-21(22(16-19)28-3)31-14-12-29-11-13-30-20-7-5-6-18(2)15-20/h4-9,15-17H,1,10-14H2,2-3H3/b23-17+. The molecule has 0 atom stereocenters. The lowest BCUT2D eigenvalue weighted by atomic mass is 10.2. The molecule has 1 aliphatic heterocycles. The Labute approximate surface area is 204 Å². The van der Waals surface area contributed by atoms with Crippen LogP contribution in [0.1, 0.15) is 11.1 Å². The number of thioether (sulfide) groups is 1. The molecule has 1 amide bonds. The SMILES string of the molecule is C=CCN1C(=O)/C(=C\c2ccc(OCCOCCOc3cccc(C)c3)c(OC)c2)SC1=S. The Morgan fingerprint density at radius 2 is 1.85 bits per heavy atom. The van der Waals surface area contributed by atoms with Gasteiger partial charge in [-0.05, 0) is 48.4 Å². The van der Waals surface area contributed by atoms with E-state index in [1.807, 2.05) is 49.4 Å². The first-order valence-electron chi connectivity index (χ1n) is 10.5. The van der Waals surface area contributed by atoms with Crippen molar-refractivity contribution in [2.45, 2.75) is 6.92 Å². The molecule has 0 unspecified atom stereocenters. The van der Waals surface area contributed by atoms with Gasteiger partial charge in [-0.2, -0.15) is 0 Å². The Bertz CT molecular complexity index is 1040. The van der Waals surface area contributed by atoms with Crippen LogP contribution in [-0.2, 0) is 9.53 Å². The summed E-state index contributed by atoms with van der Waals surface area (Å²) in [7, 11) is 1.58. The molecule has 1 saturated heterocycles. The summed E-state index contributed by atoms with van der Waals surface area (Å²) in [4.78, 5) is 14.6. The van der Waals surface area contributed by atoms with E-state index in [2.05, 4.69) is 6.58 Å². The van der Waals surface area contributed by atoms with Crippen molar-refractivity contribution in [2.24, 2.45) is 0 Å². The van der Waals surface area contributed by atoms with Crippen LogP contribution in [0.25, 0.3) is 6.08 Å². The molecule has 1 fully saturated rings. The quantitative estimate of drug-likeness (QED) is 0.184. The number of carbonyl (C=O) groups excluding carboxylic acids is 1. The molecule has 3 rings (SSSR count). The largest absolute Gasteiger partial charge is 0.493 e. The van der Waals surface area contributed by atoms with E-state index in [-0.39, 0.29) is 5.91 Å². The van der Waals surface area contributed by atoms with Crippen LogP contribution in [0.4, 0.5) is 0 Å². The first-order chi connectivity index (χ1) is 16.0. The molecule has 0 aromatic heterocycles. The summed E-state index contributed by atoms with van der Waals surface area (Å²) in [5.74, 6) is 1.90. The highest BCUT2D eigenvalue weighted by molar-refractivity contribution is 8.26. The van der Waals surface area contributed by atoms with Crippen LogP contribution in [0.15, 0.2) is 60.0 Å². The van der Waals surface area contributed by atoms with E-state index in [0.29, 0.717) is 53.7 Å². The van der Waals surface area contributed by atoms with Crippen LogP contribution < -0.4 is 14.2 Å². The van der Waals surface area contributed by atoms with Crippen molar-refractivity contribution >= 4 is 40.3 Å². The van der Waals surface area contributed by atoms with Gasteiger partial charge in [0.2, 0.25) is 0 Å². The molecule has 8 heteroatoms. The van der Waals surface area contributed by atoms with Gasteiger partial charge in [0.25, 0.3) is 5.91 Å². The Balaban J connectivity index is 1.46. The maximum absolute atomic E-state index is 12.5. The van der Waals surface area contributed by atoms with E-state index >= 15 is 0 Å². The number of rotatable bonds is 12. The lowest BCUT2D eigenvalue weighted by Crippen LogP contribution is -2.27. The van der Waals surface area contributed by atoms with E-state index in [9.17, 15) is 4.79 Å². The molecule has 1 aliphatic rings. The van der Waals surface area contributed by atoms with Crippen LogP contribution in [0.2, 0.25) is 0 Å². The number of methoxy groups -OCH3 is 1.